The summed E-state index contributed by atoms with van der Waals surface area (Å²) in [6.45, 7) is 0. The van der Waals surface area contributed by atoms with Crippen LogP contribution in [-0.2, 0) is 0 Å². The van der Waals surface area contributed by atoms with Gasteiger partial charge in [-0.1, -0.05) is 36.4 Å². The molecule has 1 nitrogen and oxygen atoms in total. The van der Waals surface area contributed by atoms with E-state index >= 15 is 0 Å². The fourth-order valence-electron chi connectivity index (χ4n) is 1.73. The Hall–Kier alpha value is -1.76. The maximum Gasteiger partial charge on any atom is 0.0545 e. The van der Waals surface area contributed by atoms with Crippen LogP contribution in [0.5, 0.6) is 0 Å². The number of para-hydroxylation sites is 2. The number of benzene rings is 2. The maximum atomic E-state index is 3.32. The summed E-state index contributed by atoms with van der Waals surface area (Å²) in [7, 11) is 0. The molecule has 0 fully saturated rings. The van der Waals surface area contributed by atoms with Crippen LogP contribution in [0, 0.1) is 6.07 Å². The summed E-state index contributed by atoms with van der Waals surface area (Å²) < 4.78 is 0. The first kappa shape index (κ1) is 6.72. The molecular formula is C12H8N. The molecule has 0 atom stereocenters. The molecular weight excluding hydrogens is 158 g/mol. The van der Waals surface area contributed by atoms with Gasteiger partial charge in [0.1, 0.15) is 0 Å². The van der Waals surface area contributed by atoms with Crippen molar-refractivity contribution in [3.63, 3.8) is 0 Å². The average Bonchev–Trinajstić information content (AvgIpc) is 2.56. The lowest BCUT2D eigenvalue weighted by Gasteiger charge is -1.87. The molecule has 2 aromatic carbocycles. The van der Waals surface area contributed by atoms with Gasteiger partial charge in [0.05, 0.1) is 5.52 Å². The van der Waals surface area contributed by atoms with Crippen molar-refractivity contribution >= 4 is 21.8 Å². The highest BCUT2D eigenvalue weighted by atomic mass is 14.7. The van der Waals surface area contributed by atoms with Gasteiger partial charge in [0.25, 0.3) is 0 Å². The van der Waals surface area contributed by atoms with E-state index in [4.69, 9.17) is 0 Å². The van der Waals surface area contributed by atoms with Crippen molar-refractivity contribution in [3.8, 4) is 0 Å². The smallest absolute Gasteiger partial charge is 0.0545 e. The molecule has 0 bridgehead atoms. The lowest BCUT2D eigenvalue weighted by Crippen LogP contribution is -1.63. The Morgan fingerprint density at radius 1 is 0.923 bits per heavy atom. The fraction of sp³-hybridized carbons (Fsp3) is 0. The van der Waals surface area contributed by atoms with Crippen LogP contribution in [0.2, 0.25) is 0 Å². The van der Waals surface area contributed by atoms with Crippen LogP contribution in [0.4, 0.5) is 0 Å². The van der Waals surface area contributed by atoms with E-state index in [1.807, 2.05) is 18.2 Å². The second-order valence-corrected chi connectivity index (χ2v) is 3.13. The monoisotopic (exact) mass is 166 g/mol. The van der Waals surface area contributed by atoms with Gasteiger partial charge in [-0.05, 0) is 6.07 Å². The van der Waals surface area contributed by atoms with E-state index in [0.717, 1.165) is 5.52 Å². The highest BCUT2D eigenvalue weighted by molar-refractivity contribution is 6.06. The van der Waals surface area contributed by atoms with Gasteiger partial charge >= 0.3 is 0 Å². The second kappa shape index (κ2) is 2.36. The highest BCUT2D eigenvalue weighted by Crippen LogP contribution is 2.23. The molecule has 1 radical (unpaired) electrons. The molecule has 0 saturated carbocycles. The summed E-state index contributed by atoms with van der Waals surface area (Å²) in [6.07, 6.45) is 0. The van der Waals surface area contributed by atoms with Crippen LogP contribution >= 0.6 is 0 Å². The standard InChI is InChI=1S/C12H8N/c1-3-7-11-9(5-1)10-6-2-4-8-12(10)13-11/h1-7,13H. The van der Waals surface area contributed by atoms with Crippen LogP contribution in [0.15, 0.2) is 42.5 Å². The van der Waals surface area contributed by atoms with E-state index in [2.05, 4.69) is 35.3 Å². The molecule has 3 aromatic rings. The Morgan fingerprint density at radius 2 is 1.77 bits per heavy atom. The summed E-state index contributed by atoms with van der Waals surface area (Å²) in [4.78, 5) is 3.32. The van der Waals surface area contributed by atoms with Crippen molar-refractivity contribution in [1.82, 2.24) is 4.98 Å². The number of nitrogens with one attached hydrogen (secondary N) is 1. The molecule has 0 aliphatic carbocycles. The third-order valence-electron chi connectivity index (χ3n) is 2.33. The zero-order chi connectivity index (χ0) is 8.67. The van der Waals surface area contributed by atoms with Gasteiger partial charge in [-0.15, -0.1) is 0 Å². The summed E-state index contributed by atoms with van der Waals surface area (Å²) in [5.41, 5.74) is 2.27. The number of rotatable bonds is 0. The molecule has 1 heteroatoms. The lowest BCUT2D eigenvalue weighted by molar-refractivity contribution is 1.54. The predicted molar refractivity (Wildman–Crippen MR) is 54.6 cm³/mol. The number of hydrogen-bond acceptors (Lipinski definition) is 0. The molecule has 0 spiro atoms. The molecule has 13 heavy (non-hydrogen) atoms. The molecule has 0 aliphatic rings. The van der Waals surface area contributed by atoms with Crippen LogP contribution in [0.25, 0.3) is 21.8 Å². The largest absolute Gasteiger partial charge is 0.354 e. The van der Waals surface area contributed by atoms with E-state index in [0.29, 0.717) is 0 Å². The Bertz CT molecular complexity index is 513. The third kappa shape index (κ3) is 0.872. The Morgan fingerprint density at radius 3 is 2.77 bits per heavy atom. The molecule has 0 saturated heterocycles. The Balaban J connectivity index is 2.64. The number of aromatic nitrogens is 1. The minimum atomic E-state index is 1.09. The first-order chi connectivity index (χ1) is 6.45. The Labute approximate surface area is 76.0 Å². The van der Waals surface area contributed by atoms with Gasteiger partial charge in [-0.3, -0.25) is 0 Å². The quantitative estimate of drug-likeness (QED) is 0.528. The zero-order valence-electron chi connectivity index (χ0n) is 7.04. The average molecular weight is 166 g/mol. The maximum absolute atomic E-state index is 3.32. The van der Waals surface area contributed by atoms with Crippen molar-refractivity contribution in [2.75, 3.05) is 0 Å². The van der Waals surface area contributed by atoms with E-state index < -0.39 is 0 Å². The third-order valence-corrected chi connectivity index (χ3v) is 2.33. The number of hydrogen-bond donors (Lipinski definition) is 1. The molecule has 1 aromatic heterocycles. The van der Waals surface area contributed by atoms with Gasteiger partial charge in [0.2, 0.25) is 0 Å². The molecule has 61 valence electrons. The number of aromatic amines is 1. The number of H-pyrrole nitrogens is 1. The van der Waals surface area contributed by atoms with E-state index in [9.17, 15) is 0 Å². The molecule has 3 rings (SSSR count). The molecule has 0 amide bonds. The molecule has 1 N–H and O–H groups in total. The molecule has 0 unspecified atom stereocenters. The lowest BCUT2D eigenvalue weighted by atomic mass is 10.2. The van der Waals surface area contributed by atoms with Gasteiger partial charge in [-0.25, -0.2) is 0 Å². The normalized spacial score (nSPS) is 11.1. The predicted octanol–water partition coefficient (Wildman–Crippen LogP) is 3.12. The van der Waals surface area contributed by atoms with Crippen molar-refractivity contribution < 1.29 is 0 Å². The van der Waals surface area contributed by atoms with Crippen molar-refractivity contribution in [2.24, 2.45) is 0 Å². The van der Waals surface area contributed by atoms with Gasteiger partial charge in [0.15, 0.2) is 0 Å². The topological polar surface area (TPSA) is 15.8 Å². The Kier molecular flexibility index (Phi) is 1.22. The van der Waals surface area contributed by atoms with Crippen LogP contribution in [0.3, 0.4) is 0 Å². The van der Waals surface area contributed by atoms with Gasteiger partial charge in [0, 0.05) is 22.4 Å². The molecule has 1 heterocycles. The highest BCUT2D eigenvalue weighted by Gasteiger charge is 2.00. The first-order valence-corrected chi connectivity index (χ1v) is 4.32. The number of fused-ring (bicyclic) bond motifs is 3. The van der Waals surface area contributed by atoms with Crippen molar-refractivity contribution in [3.05, 3.63) is 48.5 Å². The van der Waals surface area contributed by atoms with Crippen molar-refractivity contribution in [2.45, 2.75) is 0 Å². The van der Waals surface area contributed by atoms with Crippen LogP contribution < -0.4 is 0 Å². The van der Waals surface area contributed by atoms with E-state index in [1.165, 1.54) is 16.3 Å². The summed E-state index contributed by atoms with van der Waals surface area (Å²) in [5.74, 6) is 0. The minimum Gasteiger partial charge on any atom is -0.354 e. The van der Waals surface area contributed by atoms with Crippen LogP contribution in [-0.4, -0.2) is 4.98 Å². The first-order valence-electron chi connectivity index (χ1n) is 4.32. The second-order valence-electron chi connectivity index (χ2n) is 3.13. The summed E-state index contributed by atoms with van der Waals surface area (Å²) >= 11 is 0. The van der Waals surface area contributed by atoms with Gasteiger partial charge in [-0.2, -0.15) is 0 Å². The SMILES string of the molecule is [c]1cccc2c1[nH]c1ccccc12. The summed E-state index contributed by atoms with van der Waals surface area (Å²) in [6, 6.07) is 17.6. The zero-order valence-corrected chi connectivity index (χ0v) is 7.04. The minimum absolute atomic E-state index is 1.09. The van der Waals surface area contributed by atoms with E-state index in [-0.39, 0.29) is 0 Å². The van der Waals surface area contributed by atoms with Crippen LogP contribution in [0.1, 0.15) is 0 Å². The summed E-state index contributed by atoms with van der Waals surface area (Å²) in [5, 5.41) is 2.52. The fourth-order valence-corrected chi connectivity index (χ4v) is 1.73. The van der Waals surface area contributed by atoms with Crippen molar-refractivity contribution in [1.29, 1.82) is 0 Å². The van der Waals surface area contributed by atoms with Gasteiger partial charge < -0.3 is 4.98 Å². The van der Waals surface area contributed by atoms with E-state index in [1.54, 1.807) is 0 Å². The molecule has 0 aliphatic heterocycles.